The predicted octanol–water partition coefficient (Wildman–Crippen LogP) is 4.71. The van der Waals surface area contributed by atoms with Crippen molar-refractivity contribution >= 4 is 0 Å². The molecule has 3 heteroatoms. The fraction of sp³-hybridized carbons (Fsp3) is 0.455. The molecule has 0 aromatic heterocycles. The molecular weight excluding hydrogens is 310 g/mol. The minimum Gasteiger partial charge on any atom is -0.494 e. The Labute approximate surface area is 152 Å². The molecule has 0 aliphatic carbocycles. The van der Waals surface area contributed by atoms with Crippen LogP contribution in [0.2, 0.25) is 0 Å². The summed E-state index contributed by atoms with van der Waals surface area (Å²) >= 11 is 0. The van der Waals surface area contributed by atoms with E-state index in [1.165, 1.54) is 16.7 Å². The Hall–Kier alpha value is -2.00. The largest absolute Gasteiger partial charge is 0.494 e. The molecule has 3 nitrogen and oxygen atoms in total. The van der Waals surface area contributed by atoms with E-state index in [4.69, 9.17) is 15.2 Å². The van der Waals surface area contributed by atoms with Gasteiger partial charge in [0.15, 0.2) is 0 Å². The van der Waals surface area contributed by atoms with Gasteiger partial charge in [0.1, 0.15) is 11.5 Å². The highest BCUT2D eigenvalue weighted by Crippen LogP contribution is 2.30. The molecule has 0 bridgehead atoms. The standard InChI is InChI=1S/C22H31NO2/c1-5-24-22-11-6-17(4)12-21(22)19(14-23)13-18-7-9-20(10-8-18)25-15-16(2)3/h6-12,16,19H,5,13-15,23H2,1-4H3. The Morgan fingerprint density at radius 3 is 2.32 bits per heavy atom. The normalized spacial score (nSPS) is 12.2. The van der Waals surface area contributed by atoms with Crippen LogP contribution in [0.1, 0.15) is 43.4 Å². The van der Waals surface area contributed by atoms with Crippen molar-refractivity contribution < 1.29 is 9.47 Å². The third kappa shape index (κ3) is 5.79. The van der Waals surface area contributed by atoms with Crippen LogP contribution in [0.5, 0.6) is 11.5 Å². The zero-order valence-corrected chi connectivity index (χ0v) is 15.9. The third-order valence-corrected chi connectivity index (χ3v) is 4.18. The minimum atomic E-state index is 0.240. The first-order valence-electron chi connectivity index (χ1n) is 9.18. The zero-order valence-electron chi connectivity index (χ0n) is 15.9. The number of benzene rings is 2. The van der Waals surface area contributed by atoms with Crippen LogP contribution in [-0.4, -0.2) is 19.8 Å². The van der Waals surface area contributed by atoms with Gasteiger partial charge < -0.3 is 15.2 Å². The molecule has 0 saturated carbocycles. The van der Waals surface area contributed by atoms with E-state index in [-0.39, 0.29) is 5.92 Å². The van der Waals surface area contributed by atoms with Crippen molar-refractivity contribution in [3.05, 3.63) is 59.2 Å². The molecule has 1 unspecified atom stereocenters. The van der Waals surface area contributed by atoms with Gasteiger partial charge in [-0.2, -0.15) is 0 Å². The summed E-state index contributed by atoms with van der Waals surface area (Å²) in [4.78, 5) is 0. The van der Waals surface area contributed by atoms with E-state index in [0.717, 1.165) is 24.5 Å². The molecule has 0 aliphatic rings. The van der Waals surface area contributed by atoms with Gasteiger partial charge in [0, 0.05) is 5.92 Å². The van der Waals surface area contributed by atoms with Crippen molar-refractivity contribution in [2.24, 2.45) is 11.7 Å². The van der Waals surface area contributed by atoms with Crippen LogP contribution in [0.3, 0.4) is 0 Å². The maximum absolute atomic E-state index is 6.10. The van der Waals surface area contributed by atoms with Crippen molar-refractivity contribution in [2.75, 3.05) is 19.8 Å². The van der Waals surface area contributed by atoms with Gasteiger partial charge in [0.25, 0.3) is 0 Å². The molecule has 2 aromatic carbocycles. The van der Waals surface area contributed by atoms with Crippen molar-refractivity contribution in [2.45, 2.75) is 40.0 Å². The molecule has 0 spiro atoms. The summed E-state index contributed by atoms with van der Waals surface area (Å²) in [6, 6.07) is 14.7. The van der Waals surface area contributed by atoms with Crippen LogP contribution in [0.15, 0.2) is 42.5 Å². The smallest absolute Gasteiger partial charge is 0.122 e. The van der Waals surface area contributed by atoms with E-state index in [1.54, 1.807) is 0 Å². The van der Waals surface area contributed by atoms with Gasteiger partial charge in [-0.3, -0.25) is 0 Å². The van der Waals surface area contributed by atoms with Gasteiger partial charge in [-0.1, -0.05) is 43.7 Å². The van der Waals surface area contributed by atoms with Crippen LogP contribution in [0, 0.1) is 12.8 Å². The molecule has 0 radical (unpaired) electrons. The highest BCUT2D eigenvalue weighted by molar-refractivity contribution is 5.41. The van der Waals surface area contributed by atoms with Gasteiger partial charge >= 0.3 is 0 Å². The SMILES string of the molecule is CCOc1ccc(C)cc1C(CN)Cc1ccc(OCC(C)C)cc1. The van der Waals surface area contributed by atoms with Gasteiger partial charge in [-0.15, -0.1) is 0 Å². The van der Waals surface area contributed by atoms with Crippen LogP contribution in [-0.2, 0) is 6.42 Å². The highest BCUT2D eigenvalue weighted by atomic mass is 16.5. The quantitative estimate of drug-likeness (QED) is 0.718. The maximum atomic E-state index is 6.10. The molecule has 0 amide bonds. The number of nitrogens with two attached hydrogens (primary N) is 1. The number of ether oxygens (including phenoxy) is 2. The zero-order chi connectivity index (χ0) is 18.2. The van der Waals surface area contributed by atoms with Gasteiger partial charge in [-0.25, -0.2) is 0 Å². The second-order valence-electron chi connectivity index (χ2n) is 6.96. The maximum Gasteiger partial charge on any atom is 0.122 e. The van der Waals surface area contributed by atoms with E-state index in [2.05, 4.69) is 51.1 Å². The molecule has 0 heterocycles. The lowest BCUT2D eigenvalue weighted by Gasteiger charge is -2.20. The van der Waals surface area contributed by atoms with Crippen molar-refractivity contribution in [1.82, 2.24) is 0 Å². The fourth-order valence-electron chi connectivity index (χ4n) is 2.86. The molecule has 0 aliphatic heterocycles. The third-order valence-electron chi connectivity index (χ3n) is 4.18. The Morgan fingerprint density at radius 1 is 1.00 bits per heavy atom. The summed E-state index contributed by atoms with van der Waals surface area (Å²) in [7, 11) is 0. The van der Waals surface area contributed by atoms with Crippen LogP contribution in [0.25, 0.3) is 0 Å². The number of hydrogen-bond acceptors (Lipinski definition) is 3. The van der Waals surface area contributed by atoms with Crippen molar-refractivity contribution in [3.63, 3.8) is 0 Å². The average molecular weight is 341 g/mol. The Bertz CT molecular complexity index is 650. The summed E-state index contributed by atoms with van der Waals surface area (Å²) in [5, 5.41) is 0. The summed E-state index contributed by atoms with van der Waals surface area (Å²) in [6.07, 6.45) is 0.893. The van der Waals surface area contributed by atoms with Crippen LogP contribution >= 0.6 is 0 Å². The molecule has 2 aromatic rings. The molecule has 2 rings (SSSR count). The predicted molar refractivity (Wildman–Crippen MR) is 105 cm³/mol. The molecular formula is C22H31NO2. The second-order valence-corrected chi connectivity index (χ2v) is 6.96. The van der Waals surface area contributed by atoms with Gasteiger partial charge in [-0.05, 0) is 62.1 Å². The molecule has 136 valence electrons. The molecule has 0 fully saturated rings. The lowest BCUT2D eigenvalue weighted by molar-refractivity contribution is 0.271. The van der Waals surface area contributed by atoms with Crippen molar-refractivity contribution in [3.8, 4) is 11.5 Å². The van der Waals surface area contributed by atoms with Crippen molar-refractivity contribution in [1.29, 1.82) is 0 Å². The van der Waals surface area contributed by atoms with Gasteiger partial charge in [0.2, 0.25) is 0 Å². The Morgan fingerprint density at radius 2 is 1.72 bits per heavy atom. The van der Waals surface area contributed by atoms with Crippen LogP contribution in [0.4, 0.5) is 0 Å². The average Bonchev–Trinajstić information content (AvgIpc) is 2.60. The van der Waals surface area contributed by atoms with Gasteiger partial charge in [0.05, 0.1) is 13.2 Å². The topological polar surface area (TPSA) is 44.5 Å². The first-order chi connectivity index (χ1) is 12.0. The van der Waals surface area contributed by atoms with E-state index in [1.807, 2.05) is 19.1 Å². The minimum absolute atomic E-state index is 0.240. The van der Waals surface area contributed by atoms with E-state index >= 15 is 0 Å². The number of aryl methyl sites for hydroxylation is 1. The number of hydrogen-bond donors (Lipinski definition) is 1. The Kier molecular flexibility index (Phi) is 7.32. The summed E-state index contributed by atoms with van der Waals surface area (Å²) in [6.45, 7) is 10.4. The summed E-state index contributed by atoms with van der Waals surface area (Å²) in [5.41, 5.74) is 9.79. The summed E-state index contributed by atoms with van der Waals surface area (Å²) < 4.78 is 11.6. The molecule has 0 saturated heterocycles. The van der Waals surface area contributed by atoms with E-state index < -0.39 is 0 Å². The van der Waals surface area contributed by atoms with E-state index in [9.17, 15) is 0 Å². The highest BCUT2D eigenvalue weighted by Gasteiger charge is 2.16. The lowest BCUT2D eigenvalue weighted by atomic mass is 9.90. The first-order valence-corrected chi connectivity index (χ1v) is 9.18. The number of rotatable bonds is 9. The van der Waals surface area contributed by atoms with E-state index in [0.29, 0.717) is 19.1 Å². The Balaban J connectivity index is 2.13. The molecule has 2 N–H and O–H groups in total. The fourth-order valence-corrected chi connectivity index (χ4v) is 2.86. The molecule has 1 atom stereocenters. The second kappa shape index (κ2) is 9.47. The lowest BCUT2D eigenvalue weighted by Crippen LogP contribution is -2.16. The monoisotopic (exact) mass is 341 g/mol. The van der Waals surface area contributed by atoms with Crippen LogP contribution < -0.4 is 15.2 Å². The summed E-state index contributed by atoms with van der Waals surface area (Å²) in [5.74, 6) is 2.64. The first kappa shape index (κ1) is 19.3. The molecule has 25 heavy (non-hydrogen) atoms.